The molecule has 13 nitrogen and oxygen atoms in total. The first-order valence-corrected chi connectivity index (χ1v) is 20.9. The zero-order valence-corrected chi connectivity index (χ0v) is 30.8. The van der Waals surface area contributed by atoms with Crippen molar-refractivity contribution < 1.29 is 33.9 Å². The molecule has 0 bridgehead atoms. The minimum absolute atomic E-state index is 0.0444. The first kappa shape index (κ1) is 37.3. The molecule has 0 saturated carbocycles. The molecule has 14 heteroatoms. The molecule has 3 aliphatic heterocycles. The van der Waals surface area contributed by atoms with Gasteiger partial charge in [-0.1, -0.05) is 49.4 Å². The van der Waals surface area contributed by atoms with Gasteiger partial charge in [0.05, 0.1) is 42.2 Å². The highest BCUT2D eigenvalue weighted by Gasteiger charge is 2.66. The van der Waals surface area contributed by atoms with Crippen molar-refractivity contribution in [2.45, 2.75) is 69.6 Å². The lowest BCUT2D eigenvalue weighted by Crippen LogP contribution is -2.46. The topological polar surface area (TPSA) is 175 Å². The first-order chi connectivity index (χ1) is 24.8. The van der Waals surface area contributed by atoms with Crippen LogP contribution in [0.1, 0.15) is 42.9 Å². The zero-order chi connectivity index (χ0) is 37.2. The fraction of sp³-hybridized carbons (Fsp3) is 0.447. The highest BCUT2D eigenvalue weighted by molar-refractivity contribution is 6.71. The largest absolute Gasteiger partial charge is 0.432 e. The van der Waals surface area contributed by atoms with Crippen LogP contribution in [-0.2, 0) is 37.8 Å². The van der Waals surface area contributed by atoms with Gasteiger partial charge >= 0.3 is 0 Å². The molecule has 6 rings (SSSR count). The number of amides is 3. The van der Waals surface area contributed by atoms with Crippen LogP contribution in [0.2, 0.25) is 18.6 Å². The molecule has 52 heavy (non-hydrogen) atoms. The maximum Gasteiger partial charge on any atom is 0.269 e. The Hall–Kier alpha value is -4.47. The summed E-state index contributed by atoms with van der Waals surface area (Å²) in [4.78, 5) is 67.7. The van der Waals surface area contributed by atoms with Gasteiger partial charge in [-0.3, -0.25) is 24.5 Å². The van der Waals surface area contributed by atoms with Crippen LogP contribution in [0.5, 0.6) is 0 Å². The van der Waals surface area contributed by atoms with E-state index in [1.54, 1.807) is 36.2 Å². The van der Waals surface area contributed by atoms with Crippen molar-refractivity contribution in [1.29, 1.82) is 0 Å². The quantitative estimate of drug-likeness (QED) is 0.121. The van der Waals surface area contributed by atoms with E-state index in [1.807, 2.05) is 49.4 Å². The first-order valence-electron chi connectivity index (χ1n) is 17.9. The minimum Gasteiger partial charge on any atom is -0.432 e. The number of piperidine rings is 1. The highest BCUT2D eigenvalue weighted by Crippen LogP contribution is 2.60. The van der Waals surface area contributed by atoms with E-state index < -0.39 is 42.3 Å². The Kier molecular flexibility index (Phi) is 10.9. The number of ether oxygens (including phenoxy) is 1. The Labute approximate surface area is 304 Å². The number of aliphatic hydroxyl groups is 1. The van der Waals surface area contributed by atoms with Gasteiger partial charge in [-0.05, 0) is 61.8 Å². The van der Waals surface area contributed by atoms with E-state index in [0.717, 1.165) is 30.5 Å². The number of nitrogens with one attached hydrogen (secondary N) is 2. The van der Waals surface area contributed by atoms with Crippen molar-refractivity contribution in [3.8, 4) is 0 Å². The van der Waals surface area contributed by atoms with Crippen LogP contribution in [0.25, 0.3) is 0 Å². The van der Waals surface area contributed by atoms with Gasteiger partial charge < -0.3 is 35.1 Å². The van der Waals surface area contributed by atoms with Crippen molar-refractivity contribution in [3.05, 3.63) is 99.6 Å². The third kappa shape index (κ3) is 7.39. The monoisotopic (exact) mass is 729 g/mol. The molecule has 0 aromatic heterocycles. The molecule has 5 atom stereocenters. The van der Waals surface area contributed by atoms with Crippen LogP contribution < -0.4 is 15.5 Å². The fourth-order valence-electron chi connectivity index (χ4n) is 8.25. The molecule has 0 aliphatic carbocycles. The highest BCUT2D eigenvalue weighted by atomic mass is 28.4. The number of hydrogen-bond donors (Lipinski definition) is 4. The lowest BCUT2D eigenvalue weighted by atomic mass is 9.82. The number of non-ortho nitro benzene ring substituents is 1. The predicted octanol–water partition coefficient (Wildman–Crippen LogP) is 4.29. The third-order valence-electron chi connectivity index (χ3n) is 10.7. The van der Waals surface area contributed by atoms with Crippen LogP contribution in [0.15, 0.2) is 72.8 Å². The maximum absolute atomic E-state index is 14.8. The maximum atomic E-state index is 14.8. The molecule has 2 fully saturated rings. The SMILES string of the molecule is C[C@H]1[C@H]([Si](C)(C)O)[C@@H](CC(=O)N(CCO)Cc2ccccc2)O[C@]12C(=O)N(Cc1ccc(NC(=O)C3CCCNC3)cc1)c1ccc([N+](=O)[O-])cc12. The van der Waals surface area contributed by atoms with Gasteiger partial charge in [-0.15, -0.1) is 0 Å². The molecule has 3 aromatic rings. The Bertz CT molecular complexity index is 1800. The van der Waals surface area contributed by atoms with Crippen molar-refractivity contribution in [2.75, 3.05) is 36.5 Å². The second-order valence-electron chi connectivity index (χ2n) is 14.7. The Balaban J connectivity index is 1.29. The summed E-state index contributed by atoms with van der Waals surface area (Å²) in [5.74, 6) is -1.51. The standard InChI is InChI=1S/C38H47N5O8Si/c1-25-35(52(2,3)50)33(21-34(45)41(18-19-44)23-26-8-5-4-6-9-26)51-38(25)31-20-30(43(48)49)15-16-32(31)42(37(38)47)24-27-11-13-29(14-12-27)40-36(46)28-10-7-17-39-22-28/h4-6,8-9,11-16,20,25,28,33,35,39,44,50H,7,10,17-19,21-24H2,1-3H3,(H,40,46)/t25-,28?,33+,35-,38+/m0/s1. The smallest absolute Gasteiger partial charge is 0.269 e. The molecule has 2 saturated heterocycles. The van der Waals surface area contributed by atoms with Crippen LogP contribution in [0.3, 0.4) is 0 Å². The Morgan fingerprint density at radius 2 is 1.85 bits per heavy atom. The molecule has 4 N–H and O–H groups in total. The summed E-state index contributed by atoms with van der Waals surface area (Å²) in [6.45, 7) is 7.10. The van der Waals surface area contributed by atoms with Crippen LogP contribution >= 0.6 is 0 Å². The number of fused-ring (bicyclic) bond motifs is 2. The van der Waals surface area contributed by atoms with E-state index >= 15 is 0 Å². The van der Waals surface area contributed by atoms with E-state index in [2.05, 4.69) is 10.6 Å². The lowest BCUT2D eigenvalue weighted by molar-refractivity contribution is -0.385. The van der Waals surface area contributed by atoms with Crippen molar-refractivity contribution in [1.82, 2.24) is 10.2 Å². The van der Waals surface area contributed by atoms with Crippen LogP contribution in [-0.4, -0.2) is 78.1 Å². The molecule has 3 amide bonds. The number of rotatable bonds is 12. The third-order valence-corrected chi connectivity index (χ3v) is 13.2. The number of aliphatic hydroxyl groups excluding tert-OH is 1. The minimum atomic E-state index is -3.14. The second kappa shape index (κ2) is 15.2. The van der Waals surface area contributed by atoms with Crippen molar-refractivity contribution in [3.63, 3.8) is 0 Å². The van der Waals surface area contributed by atoms with Crippen molar-refractivity contribution >= 4 is 43.1 Å². The predicted molar refractivity (Wildman–Crippen MR) is 198 cm³/mol. The van der Waals surface area contributed by atoms with Gasteiger partial charge in [0, 0.05) is 54.5 Å². The number of hydrogen-bond acceptors (Lipinski definition) is 9. The molecule has 3 heterocycles. The van der Waals surface area contributed by atoms with E-state index in [0.29, 0.717) is 23.5 Å². The van der Waals surface area contributed by atoms with Gasteiger partial charge in [0.2, 0.25) is 11.8 Å². The molecule has 0 radical (unpaired) electrons. The average molecular weight is 730 g/mol. The van der Waals surface area contributed by atoms with Gasteiger partial charge in [0.15, 0.2) is 13.9 Å². The van der Waals surface area contributed by atoms with Crippen molar-refractivity contribution in [2.24, 2.45) is 11.8 Å². The fourth-order valence-corrected chi connectivity index (χ4v) is 10.8. The van der Waals surface area contributed by atoms with E-state index in [1.165, 1.54) is 17.0 Å². The van der Waals surface area contributed by atoms with E-state index in [4.69, 9.17) is 4.74 Å². The van der Waals surface area contributed by atoms with Crippen LogP contribution in [0.4, 0.5) is 17.1 Å². The van der Waals surface area contributed by atoms with Gasteiger partial charge in [0.25, 0.3) is 11.6 Å². The molecular formula is C38H47N5O8Si. The molecule has 1 unspecified atom stereocenters. The number of nitrogens with zero attached hydrogens (tertiary/aromatic N) is 3. The Morgan fingerprint density at radius 3 is 2.48 bits per heavy atom. The summed E-state index contributed by atoms with van der Waals surface area (Å²) in [5, 5.41) is 28.0. The molecule has 3 aromatic carbocycles. The van der Waals surface area contributed by atoms with E-state index in [-0.39, 0.29) is 56.1 Å². The molecule has 276 valence electrons. The summed E-state index contributed by atoms with van der Waals surface area (Å²) >= 11 is 0. The van der Waals surface area contributed by atoms with Crippen LogP contribution in [0, 0.1) is 22.0 Å². The molecule has 1 spiro atoms. The summed E-state index contributed by atoms with van der Waals surface area (Å²) in [6, 6.07) is 20.9. The zero-order valence-electron chi connectivity index (χ0n) is 29.8. The van der Waals surface area contributed by atoms with Gasteiger partial charge in [0.1, 0.15) is 0 Å². The number of nitro benzene ring substituents is 1. The molecular weight excluding hydrogens is 683 g/mol. The Morgan fingerprint density at radius 1 is 1.12 bits per heavy atom. The summed E-state index contributed by atoms with van der Waals surface area (Å²) in [6.07, 6.45) is 0.752. The number of benzene rings is 3. The average Bonchev–Trinajstić information content (AvgIpc) is 3.55. The summed E-state index contributed by atoms with van der Waals surface area (Å²) in [7, 11) is -3.14. The molecule has 3 aliphatic rings. The number of anilines is 2. The van der Waals surface area contributed by atoms with E-state index in [9.17, 15) is 34.4 Å². The number of nitro groups is 1. The van der Waals surface area contributed by atoms with Gasteiger partial charge in [-0.2, -0.15) is 0 Å². The second-order valence-corrected chi connectivity index (χ2v) is 18.6. The summed E-state index contributed by atoms with van der Waals surface area (Å²) in [5.41, 5.74) is 0.603. The lowest BCUT2D eigenvalue weighted by Gasteiger charge is -2.32. The number of carbonyl (C=O) groups is 3. The normalized spacial score (nSPS) is 24.2. The van der Waals surface area contributed by atoms with Gasteiger partial charge in [-0.25, -0.2) is 0 Å². The number of carbonyl (C=O) groups excluding carboxylic acids is 3. The summed E-state index contributed by atoms with van der Waals surface area (Å²) < 4.78 is 6.77.